The molecule has 1 saturated carbocycles. The second-order valence-electron chi connectivity index (χ2n) is 4.42. The van der Waals surface area contributed by atoms with E-state index >= 15 is 0 Å². The van der Waals surface area contributed by atoms with Crippen molar-refractivity contribution in [2.45, 2.75) is 58.2 Å². The van der Waals surface area contributed by atoms with Gasteiger partial charge in [0.05, 0.1) is 18.8 Å². The van der Waals surface area contributed by atoms with E-state index in [9.17, 15) is 5.11 Å². The van der Waals surface area contributed by atoms with Crippen LogP contribution in [0.15, 0.2) is 0 Å². The SMILES string of the molecule is CC(C)OCC(O)CC1CCCC1. The van der Waals surface area contributed by atoms with Crippen molar-refractivity contribution in [3.63, 3.8) is 0 Å². The van der Waals surface area contributed by atoms with Gasteiger partial charge in [0.1, 0.15) is 0 Å². The van der Waals surface area contributed by atoms with E-state index in [4.69, 9.17) is 4.74 Å². The molecule has 1 fully saturated rings. The molecule has 0 heterocycles. The van der Waals surface area contributed by atoms with Crippen LogP contribution in [0.25, 0.3) is 0 Å². The monoisotopic (exact) mass is 186 g/mol. The molecule has 13 heavy (non-hydrogen) atoms. The Morgan fingerprint density at radius 3 is 2.46 bits per heavy atom. The predicted molar refractivity (Wildman–Crippen MR) is 53.7 cm³/mol. The summed E-state index contributed by atoms with van der Waals surface area (Å²) >= 11 is 0. The third-order valence-electron chi connectivity index (χ3n) is 2.70. The van der Waals surface area contributed by atoms with Crippen molar-refractivity contribution < 1.29 is 9.84 Å². The fourth-order valence-corrected chi connectivity index (χ4v) is 2.00. The number of hydrogen-bond donors (Lipinski definition) is 1. The normalized spacial score (nSPS) is 21.2. The Kier molecular flexibility index (Phi) is 4.74. The van der Waals surface area contributed by atoms with E-state index in [0.29, 0.717) is 6.61 Å². The molecule has 0 spiro atoms. The van der Waals surface area contributed by atoms with Crippen LogP contribution in [0.1, 0.15) is 46.0 Å². The summed E-state index contributed by atoms with van der Waals surface area (Å²) in [6, 6.07) is 0. The molecule has 1 N–H and O–H groups in total. The van der Waals surface area contributed by atoms with E-state index in [2.05, 4.69) is 0 Å². The topological polar surface area (TPSA) is 29.5 Å². The maximum Gasteiger partial charge on any atom is 0.0776 e. The van der Waals surface area contributed by atoms with Crippen molar-refractivity contribution in [3.05, 3.63) is 0 Å². The van der Waals surface area contributed by atoms with Gasteiger partial charge in [0.15, 0.2) is 0 Å². The third kappa shape index (κ3) is 4.63. The average molecular weight is 186 g/mol. The van der Waals surface area contributed by atoms with Crippen molar-refractivity contribution in [1.82, 2.24) is 0 Å². The van der Waals surface area contributed by atoms with Gasteiger partial charge in [0.2, 0.25) is 0 Å². The number of aliphatic hydroxyl groups is 1. The van der Waals surface area contributed by atoms with Crippen LogP contribution in [-0.2, 0) is 4.74 Å². The second kappa shape index (κ2) is 5.61. The van der Waals surface area contributed by atoms with Crippen molar-refractivity contribution in [3.8, 4) is 0 Å². The van der Waals surface area contributed by atoms with E-state index in [1.54, 1.807) is 0 Å². The van der Waals surface area contributed by atoms with Gasteiger partial charge < -0.3 is 9.84 Å². The molecular formula is C11H22O2. The summed E-state index contributed by atoms with van der Waals surface area (Å²) in [5, 5.41) is 9.63. The zero-order valence-corrected chi connectivity index (χ0v) is 8.83. The first-order chi connectivity index (χ1) is 6.18. The first-order valence-electron chi connectivity index (χ1n) is 5.48. The van der Waals surface area contributed by atoms with Crippen LogP contribution in [0.5, 0.6) is 0 Å². The van der Waals surface area contributed by atoms with Gasteiger partial charge in [-0.1, -0.05) is 25.7 Å². The van der Waals surface area contributed by atoms with Gasteiger partial charge in [-0.05, 0) is 26.2 Å². The van der Waals surface area contributed by atoms with E-state index < -0.39 is 0 Å². The molecule has 78 valence electrons. The van der Waals surface area contributed by atoms with Crippen molar-refractivity contribution in [1.29, 1.82) is 0 Å². The molecule has 0 aliphatic heterocycles. The molecule has 1 aliphatic rings. The van der Waals surface area contributed by atoms with Crippen LogP contribution in [0.2, 0.25) is 0 Å². The number of ether oxygens (including phenoxy) is 1. The van der Waals surface area contributed by atoms with Crippen molar-refractivity contribution >= 4 is 0 Å². The summed E-state index contributed by atoms with van der Waals surface area (Å²) in [6.07, 6.45) is 6.23. The molecule has 1 aliphatic carbocycles. The minimum atomic E-state index is -0.245. The molecule has 0 aromatic rings. The summed E-state index contributed by atoms with van der Waals surface area (Å²) in [6.45, 7) is 4.51. The molecule has 0 radical (unpaired) electrons. The number of aliphatic hydroxyl groups excluding tert-OH is 1. The highest BCUT2D eigenvalue weighted by molar-refractivity contribution is 4.70. The van der Waals surface area contributed by atoms with Gasteiger partial charge in [0.25, 0.3) is 0 Å². The first kappa shape index (κ1) is 11.0. The summed E-state index contributed by atoms with van der Waals surface area (Å²) in [5.74, 6) is 0.755. The van der Waals surface area contributed by atoms with Crippen LogP contribution in [0.3, 0.4) is 0 Å². The lowest BCUT2D eigenvalue weighted by molar-refractivity contribution is -0.00334. The summed E-state index contributed by atoms with van der Waals surface area (Å²) < 4.78 is 5.36. The minimum Gasteiger partial charge on any atom is -0.391 e. The van der Waals surface area contributed by atoms with E-state index in [1.807, 2.05) is 13.8 Å². The lowest BCUT2D eigenvalue weighted by Crippen LogP contribution is -2.20. The Morgan fingerprint density at radius 1 is 1.31 bits per heavy atom. The van der Waals surface area contributed by atoms with Crippen LogP contribution in [-0.4, -0.2) is 23.9 Å². The highest BCUT2D eigenvalue weighted by Gasteiger charge is 2.18. The highest BCUT2D eigenvalue weighted by atomic mass is 16.5. The smallest absolute Gasteiger partial charge is 0.0776 e. The predicted octanol–water partition coefficient (Wildman–Crippen LogP) is 2.35. The zero-order valence-electron chi connectivity index (χ0n) is 8.83. The lowest BCUT2D eigenvalue weighted by Gasteiger charge is -2.16. The molecule has 1 rings (SSSR count). The molecule has 0 saturated heterocycles. The van der Waals surface area contributed by atoms with Crippen molar-refractivity contribution in [2.24, 2.45) is 5.92 Å². The average Bonchev–Trinajstić information content (AvgIpc) is 2.53. The van der Waals surface area contributed by atoms with Gasteiger partial charge >= 0.3 is 0 Å². The molecule has 1 atom stereocenters. The molecule has 0 amide bonds. The van der Waals surface area contributed by atoms with Gasteiger partial charge in [-0.3, -0.25) is 0 Å². The minimum absolute atomic E-state index is 0.234. The molecule has 0 aromatic carbocycles. The van der Waals surface area contributed by atoms with E-state index in [0.717, 1.165) is 12.3 Å². The maximum atomic E-state index is 9.63. The standard InChI is InChI=1S/C11H22O2/c1-9(2)13-8-11(12)7-10-5-3-4-6-10/h9-12H,3-8H2,1-2H3. The van der Waals surface area contributed by atoms with Crippen molar-refractivity contribution in [2.75, 3.05) is 6.61 Å². The fourth-order valence-electron chi connectivity index (χ4n) is 2.00. The number of hydrogen-bond acceptors (Lipinski definition) is 2. The summed E-state index contributed by atoms with van der Waals surface area (Å²) in [7, 11) is 0. The Morgan fingerprint density at radius 2 is 1.92 bits per heavy atom. The Labute approximate surface area is 81.3 Å². The summed E-state index contributed by atoms with van der Waals surface area (Å²) in [4.78, 5) is 0. The maximum absolute atomic E-state index is 9.63. The summed E-state index contributed by atoms with van der Waals surface area (Å²) in [5.41, 5.74) is 0. The van der Waals surface area contributed by atoms with Crippen LogP contribution in [0, 0.1) is 5.92 Å². The Balaban J connectivity index is 2.05. The van der Waals surface area contributed by atoms with E-state index in [1.165, 1.54) is 25.7 Å². The zero-order chi connectivity index (χ0) is 9.68. The quantitative estimate of drug-likeness (QED) is 0.714. The van der Waals surface area contributed by atoms with Gasteiger partial charge in [-0.2, -0.15) is 0 Å². The van der Waals surface area contributed by atoms with E-state index in [-0.39, 0.29) is 12.2 Å². The van der Waals surface area contributed by atoms with Gasteiger partial charge in [0, 0.05) is 0 Å². The molecule has 0 bridgehead atoms. The largest absolute Gasteiger partial charge is 0.391 e. The molecular weight excluding hydrogens is 164 g/mol. The Bertz CT molecular complexity index is 128. The fraction of sp³-hybridized carbons (Fsp3) is 1.00. The molecule has 2 heteroatoms. The highest BCUT2D eigenvalue weighted by Crippen LogP contribution is 2.28. The van der Waals surface area contributed by atoms with Gasteiger partial charge in [-0.25, -0.2) is 0 Å². The molecule has 0 aromatic heterocycles. The molecule has 1 unspecified atom stereocenters. The van der Waals surface area contributed by atoms with Crippen LogP contribution >= 0.6 is 0 Å². The number of rotatable bonds is 5. The Hall–Kier alpha value is -0.0800. The molecule has 2 nitrogen and oxygen atoms in total. The second-order valence-corrected chi connectivity index (χ2v) is 4.42. The lowest BCUT2D eigenvalue weighted by atomic mass is 10.0. The van der Waals surface area contributed by atoms with Crippen LogP contribution in [0.4, 0.5) is 0 Å². The third-order valence-corrected chi connectivity index (χ3v) is 2.70. The van der Waals surface area contributed by atoms with Gasteiger partial charge in [-0.15, -0.1) is 0 Å². The first-order valence-corrected chi connectivity index (χ1v) is 5.48. The van der Waals surface area contributed by atoms with Crippen LogP contribution < -0.4 is 0 Å².